The maximum absolute atomic E-state index is 13.2. The number of aliphatic hydroxyl groups excluding tert-OH is 2. The fourth-order valence-corrected chi connectivity index (χ4v) is 9.14. The van der Waals surface area contributed by atoms with E-state index < -0.39 is 18.2 Å². The van der Waals surface area contributed by atoms with Crippen molar-refractivity contribution >= 4 is 11.9 Å². The standard InChI is InChI=1S/C56H111NO5/c1-4-7-10-13-16-19-22-24-26-27-28-30-32-34-37-40-43-46-49-56(61)62-52(47-44-41-38-35-33-31-29-25-23-20-17-14-11-8-5-2)50-55(60)57-53(51-58)54(59)48-45-42-39-36-21-18-15-12-9-6-3/h52-54,58-59H,4-51H2,1-3H3,(H,57,60). The van der Waals surface area contributed by atoms with E-state index in [0.717, 1.165) is 38.5 Å². The first-order valence-corrected chi connectivity index (χ1v) is 28.3. The summed E-state index contributed by atoms with van der Waals surface area (Å²) >= 11 is 0. The van der Waals surface area contributed by atoms with Crippen LogP contribution in [0.25, 0.3) is 0 Å². The molecule has 3 unspecified atom stereocenters. The third kappa shape index (κ3) is 45.4. The van der Waals surface area contributed by atoms with Gasteiger partial charge in [0.15, 0.2) is 0 Å². The maximum Gasteiger partial charge on any atom is 0.306 e. The molecular formula is C56H111NO5. The highest BCUT2D eigenvalue weighted by Crippen LogP contribution is 2.19. The average molecular weight is 879 g/mol. The molecule has 6 nitrogen and oxygen atoms in total. The lowest BCUT2D eigenvalue weighted by Crippen LogP contribution is -2.46. The number of esters is 1. The molecule has 0 aromatic carbocycles. The number of hydrogen-bond acceptors (Lipinski definition) is 5. The highest BCUT2D eigenvalue weighted by molar-refractivity contribution is 5.77. The van der Waals surface area contributed by atoms with Gasteiger partial charge >= 0.3 is 5.97 Å². The Bertz CT molecular complexity index is 898. The second-order valence-corrected chi connectivity index (χ2v) is 19.7. The molecule has 370 valence electrons. The monoisotopic (exact) mass is 878 g/mol. The molecule has 0 aliphatic carbocycles. The molecule has 0 rings (SSSR count). The van der Waals surface area contributed by atoms with E-state index in [1.54, 1.807) is 0 Å². The van der Waals surface area contributed by atoms with E-state index >= 15 is 0 Å². The van der Waals surface area contributed by atoms with Crippen LogP contribution in [0, 0.1) is 0 Å². The molecule has 3 atom stereocenters. The molecule has 0 bridgehead atoms. The number of carbonyl (C=O) groups excluding carboxylic acids is 2. The second-order valence-electron chi connectivity index (χ2n) is 19.7. The van der Waals surface area contributed by atoms with Crippen LogP contribution in [0.3, 0.4) is 0 Å². The van der Waals surface area contributed by atoms with Gasteiger partial charge in [-0.2, -0.15) is 0 Å². The molecule has 0 heterocycles. The van der Waals surface area contributed by atoms with Crippen molar-refractivity contribution in [2.75, 3.05) is 6.61 Å². The molecule has 0 aromatic heterocycles. The van der Waals surface area contributed by atoms with E-state index in [2.05, 4.69) is 26.1 Å². The van der Waals surface area contributed by atoms with Gasteiger partial charge in [0.1, 0.15) is 6.10 Å². The molecule has 3 N–H and O–H groups in total. The third-order valence-electron chi connectivity index (χ3n) is 13.4. The van der Waals surface area contributed by atoms with Gasteiger partial charge in [0, 0.05) is 6.42 Å². The van der Waals surface area contributed by atoms with Gasteiger partial charge in [-0.05, 0) is 25.7 Å². The van der Waals surface area contributed by atoms with Crippen molar-refractivity contribution in [1.82, 2.24) is 5.32 Å². The molecule has 0 saturated carbocycles. The Hall–Kier alpha value is -1.14. The van der Waals surface area contributed by atoms with Crippen LogP contribution in [-0.4, -0.2) is 46.9 Å². The second kappa shape index (κ2) is 50.9. The van der Waals surface area contributed by atoms with E-state index in [4.69, 9.17) is 4.74 Å². The Morgan fingerprint density at radius 2 is 0.677 bits per heavy atom. The molecule has 0 spiro atoms. The summed E-state index contributed by atoms with van der Waals surface area (Å²) in [5.41, 5.74) is 0. The minimum Gasteiger partial charge on any atom is -0.462 e. The van der Waals surface area contributed by atoms with Gasteiger partial charge in [-0.25, -0.2) is 0 Å². The van der Waals surface area contributed by atoms with E-state index in [1.165, 1.54) is 238 Å². The summed E-state index contributed by atoms with van der Waals surface area (Å²) in [6.07, 6.45) is 56.0. The first kappa shape index (κ1) is 60.9. The molecule has 0 aromatic rings. The summed E-state index contributed by atoms with van der Waals surface area (Å²) < 4.78 is 5.96. The molecule has 6 heteroatoms. The van der Waals surface area contributed by atoms with Crippen molar-refractivity contribution in [1.29, 1.82) is 0 Å². The predicted octanol–water partition coefficient (Wildman–Crippen LogP) is 17.1. The number of ether oxygens (including phenoxy) is 1. The van der Waals surface area contributed by atoms with Crippen molar-refractivity contribution in [3.05, 3.63) is 0 Å². The lowest BCUT2D eigenvalue weighted by Gasteiger charge is -2.24. The fourth-order valence-electron chi connectivity index (χ4n) is 9.14. The van der Waals surface area contributed by atoms with Crippen molar-refractivity contribution in [2.45, 2.75) is 341 Å². The van der Waals surface area contributed by atoms with E-state index in [1.807, 2.05) is 0 Å². The number of rotatable bonds is 52. The van der Waals surface area contributed by atoms with E-state index in [0.29, 0.717) is 19.3 Å². The summed E-state index contributed by atoms with van der Waals surface area (Å²) in [6.45, 7) is 6.52. The number of amides is 1. The molecule has 0 fully saturated rings. The van der Waals surface area contributed by atoms with Crippen LogP contribution in [0.1, 0.15) is 323 Å². The summed E-state index contributed by atoms with van der Waals surface area (Å²) in [5, 5.41) is 23.8. The number of nitrogens with one attached hydrogen (secondary N) is 1. The first-order chi connectivity index (χ1) is 30.5. The highest BCUT2D eigenvalue weighted by atomic mass is 16.5. The van der Waals surface area contributed by atoms with Gasteiger partial charge in [0.05, 0.1) is 25.2 Å². The molecule has 62 heavy (non-hydrogen) atoms. The van der Waals surface area contributed by atoms with Gasteiger partial charge in [-0.3, -0.25) is 9.59 Å². The summed E-state index contributed by atoms with van der Waals surface area (Å²) in [4.78, 5) is 26.2. The Balaban J connectivity index is 4.46. The summed E-state index contributed by atoms with van der Waals surface area (Å²) in [6, 6.07) is -0.692. The Labute approximate surface area is 387 Å². The number of unbranched alkanes of at least 4 members (excludes halogenated alkanes) is 40. The topological polar surface area (TPSA) is 95.9 Å². The third-order valence-corrected chi connectivity index (χ3v) is 13.4. The summed E-state index contributed by atoms with van der Waals surface area (Å²) in [5.74, 6) is -0.446. The highest BCUT2D eigenvalue weighted by Gasteiger charge is 2.24. The van der Waals surface area contributed by atoms with Crippen molar-refractivity contribution < 1.29 is 24.5 Å². The minimum absolute atomic E-state index is 0.0882. The fraction of sp³-hybridized carbons (Fsp3) is 0.964. The Morgan fingerprint density at radius 3 is 0.984 bits per heavy atom. The van der Waals surface area contributed by atoms with Crippen molar-refractivity contribution in [3.8, 4) is 0 Å². The number of hydrogen-bond donors (Lipinski definition) is 3. The molecule has 1 amide bonds. The molecule has 0 radical (unpaired) electrons. The minimum atomic E-state index is -0.779. The SMILES string of the molecule is CCCCCCCCCCCCCCCCCCCCC(=O)OC(CCCCCCCCCCCCCCCCC)CC(=O)NC(CO)C(O)CCCCCCCCCCCC. The number of aliphatic hydroxyl groups is 2. The van der Waals surface area contributed by atoms with Crippen molar-refractivity contribution in [3.63, 3.8) is 0 Å². The van der Waals surface area contributed by atoms with Gasteiger partial charge in [0.25, 0.3) is 0 Å². The molecule has 0 saturated heterocycles. The zero-order valence-corrected chi connectivity index (χ0v) is 42.3. The lowest BCUT2D eigenvalue weighted by molar-refractivity contribution is -0.151. The normalized spacial score (nSPS) is 13.0. The first-order valence-electron chi connectivity index (χ1n) is 28.3. The predicted molar refractivity (Wildman–Crippen MR) is 269 cm³/mol. The Morgan fingerprint density at radius 1 is 0.403 bits per heavy atom. The van der Waals surface area contributed by atoms with Gasteiger partial charge in [0.2, 0.25) is 5.91 Å². The van der Waals surface area contributed by atoms with Crippen molar-refractivity contribution in [2.24, 2.45) is 0 Å². The van der Waals surface area contributed by atoms with Gasteiger partial charge in [-0.15, -0.1) is 0 Å². The Kier molecular flexibility index (Phi) is 49.9. The van der Waals surface area contributed by atoms with Crippen LogP contribution >= 0.6 is 0 Å². The maximum atomic E-state index is 13.2. The van der Waals surface area contributed by atoms with E-state index in [-0.39, 0.29) is 24.9 Å². The molecular weight excluding hydrogens is 767 g/mol. The average Bonchev–Trinajstić information content (AvgIpc) is 3.26. The van der Waals surface area contributed by atoms with Crippen LogP contribution in [0.4, 0.5) is 0 Å². The summed E-state index contributed by atoms with van der Waals surface area (Å²) in [7, 11) is 0. The number of carbonyl (C=O) groups is 2. The van der Waals surface area contributed by atoms with E-state index in [9.17, 15) is 19.8 Å². The smallest absolute Gasteiger partial charge is 0.306 e. The van der Waals surface area contributed by atoms with Gasteiger partial charge < -0.3 is 20.3 Å². The van der Waals surface area contributed by atoms with Crippen LogP contribution in [0.15, 0.2) is 0 Å². The van der Waals surface area contributed by atoms with Crippen LogP contribution in [0.5, 0.6) is 0 Å². The van der Waals surface area contributed by atoms with Gasteiger partial charge in [-0.1, -0.05) is 284 Å². The lowest BCUT2D eigenvalue weighted by atomic mass is 10.0. The zero-order valence-electron chi connectivity index (χ0n) is 42.3. The molecule has 0 aliphatic heterocycles. The van der Waals surface area contributed by atoms with Crippen LogP contribution < -0.4 is 5.32 Å². The largest absolute Gasteiger partial charge is 0.462 e. The molecule has 0 aliphatic rings. The quantitative estimate of drug-likeness (QED) is 0.0418. The van der Waals surface area contributed by atoms with Crippen LogP contribution in [0.2, 0.25) is 0 Å². The van der Waals surface area contributed by atoms with Crippen LogP contribution in [-0.2, 0) is 14.3 Å². The zero-order chi connectivity index (χ0) is 45.2.